The van der Waals surface area contributed by atoms with Gasteiger partial charge in [-0.2, -0.15) is 8.78 Å². The Kier molecular flexibility index (Phi) is 4.14. The van der Waals surface area contributed by atoms with Crippen LogP contribution in [0, 0.1) is 0 Å². The number of alkyl halides is 2. The third kappa shape index (κ3) is 3.44. The molecule has 0 amide bonds. The smallest absolute Gasteiger partial charge is 0.387 e. The highest BCUT2D eigenvalue weighted by atomic mass is 19.3. The van der Waals surface area contributed by atoms with Crippen molar-refractivity contribution in [2.45, 2.75) is 6.61 Å². The molecule has 104 valence electrons. The summed E-state index contributed by atoms with van der Waals surface area (Å²) < 4.78 is 28.2. The van der Waals surface area contributed by atoms with E-state index in [9.17, 15) is 18.7 Å². The molecule has 0 radical (unpaired) electrons. The lowest BCUT2D eigenvalue weighted by Gasteiger charge is -2.13. The number of halogens is 2. The Morgan fingerprint density at radius 1 is 1.10 bits per heavy atom. The lowest BCUT2D eigenvalue weighted by molar-refractivity contribution is -0.254. The Labute approximate surface area is 113 Å². The van der Waals surface area contributed by atoms with Gasteiger partial charge in [0.1, 0.15) is 5.75 Å². The lowest BCUT2D eigenvalue weighted by Crippen LogP contribution is -2.23. The average Bonchev–Trinajstić information content (AvgIpc) is 2.41. The van der Waals surface area contributed by atoms with Crippen molar-refractivity contribution in [1.29, 1.82) is 0 Å². The van der Waals surface area contributed by atoms with E-state index >= 15 is 0 Å². The normalized spacial score (nSPS) is 10.3. The van der Waals surface area contributed by atoms with Crippen molar-refractivity contribution in [2.24, 2.45) is 0 Å². The van der Waals surface area contributed by atoms with Crippen molar-refractivity contribution < 1.29 is 23.4 Å². The van der Waals surface area contributed by atoms with Crippen molar-refractivity contribution in [3.8, 4) is 5.75 Å². The number of carboxylic acids is 1. The summed E-state index contributed by atoms with van der Waals surface area (Å²) in [5.41, 5.74) is 0.913. The summed E-state index contributed by atoms with van der Waals surface area (Å²) in [6, 6.07) is 12.0. The maximum Gasteiger partial charge on any atom is 0.387 e. The lowest BCUT2D eigenvalue weighted by atomic mass is 10.1. The highest BCUT2D eigenvalue weighted by Crippen LogP contribution is 2.23. The standard InChI is InChI=1S/C14H11F2NO3/c15-14(16)20-10-7-5-9(6-8-10)17-12-4-2-1-3-11(12)13(18)19/h1-8,14,17H,(H,18,19)/p-1. The number of benzene rings is 2. The van der Waals surface area contributed by atoms with Gasteiger partial charge in [-0.25, -0.2) is 0 Å². The van der Waals surface area contributed by atoms with Crippen molar-refractivity contribution in [1.82, 2.24) is 0 Å². The van der Waals surface area contributed by atoms with Gasteiger partial charge >= 0.3 is 6.61 Å². The third-order valence-corrected chi connectivity index (χ3v) is 2.51. The van der Waals surface area contributed by atoms with Crippen molar-refractivity contribution in [3.05, 3.63) is 54.1 Å². The van der Waals surface area contributed by atoms with E-state index in [-0.39, 0.29) is 11.3 Å². The molecule has 0 heterocycles. The minimum atomic E-state index is -2.88. The number of hydrogen-bond donors (Lipinski definition) is 1. The second kappa shape index (κ2) is 6.01. The minimum Gasteiger partial charge on any atom is -0.545 e. The summed E-state index contributed by atoms with van der Waals surface area (Å²) >= 11 is 0. The highest BCUT2D eigenvalue weighted by molar-refractivity contribution is 5.93. The number of aromatic carboxylic acids is 1. The second-order valence-corrected chi connectivity index (χ2v) is 3.86. The van der Waals surface area contributed by atoms with E-state index in [1.807, 2.05) is 0 Å². The Balaban J connectivity index is 2.16. The molecule has 20 heavy (non-hydrogen) atoms. The second-order valence-electron chi connectivity index (χ2n) is 3.86. The van der Waals surface area contributed by atoms with E-state index in [2.05, 4.69) is 10.1 Å². The summed E-state index contributed by atoms with van der Waals surface area (Å²) in [5, 5.41) is 13.8. The van der Waals surface area contributed by atoms with Gasteiger partial charge in [0.15, 0.2) is 0 Å². The molecule has 0 saturated carbocycles. The monoisotopic (exact) mass is 278 g/mol. The quantitative estimate of drug-likeness (QED) is 0.912. The first-order chi connectivity index (χ1) is 9.56. The third-order valence-electron chi connectivity index (χ3n) is 2.51. The van der Waals surface area contributed by atoms with Gasteiger partial charge < -0.3 is 20.0 Å². The van der Waals surface area contributed by atoms with Gasteiger partial charge in [0.25, 0.3) is 0 Å². The predicted octanol–water partition coefficient (Wildman–Crippen LogP) is 2.40. The van der Waals surface area contributed by atoms with Gasteiger partial charge in [-0.05, 0) is 30.3 Å². The Morgan fingerprint density at radius 3 is 2.35 bits per heavy atom. The first kappa shape index (κ1) is 13.8. The van der Waals surface area contributed by atoms with Gasteiger partial charge in [-0.1, -0.05) is 18.2 Å². The molecule has 0 spiro atoms. The number of carbonyl (C=O) groups excluding carboxylic acids is 1. The number of hydrogen-bond acceptors (Lipinski definition) is 4. The Hall–Kier alpha value is -2.63. The number of para-hydroxylation sites is 1. The van der Waals surface area contributed by atoms with Gasteiger partial charge in [0, 0.05) is 16.9 Å². The van der Waals surface area contributed by atoms with Crippen LogP contribution >= 0.6 is 0 Å². The summed E-state index contributed by atoms with van der Waals surface area (Å²) in [6.45, 7) is -2.88. The molecule has 4 nitrogen and oxygen atoms in total. The van der Waals surface area contributed by atoms with Gasteiger partial charge in [0.2, 0.25) is 0 Å². The SMILES string of the molecule is O=C([O-])c1ccccc1Nc1ccc(OC(F)F)cc1. The van der Waals surface area contributed by atoms with Gasteiger partial charge in [-0.3, -0.25) is 0 Å². The fourth-order valence-electron chi connectivity index (χ4n) is 1.65. The Morgan fingerprint density at radius 2 is 1.75 bits per heavy atom. The van der Waals surface area contributed by atoms with Crippen LogP contribution in [0.3, 0.4) is 0 Å². The van der Waals surface area contributed by atoms with Crippen molar-refractivity contribution in [2.75, 3.05) is 5.32 Å². The summed E-state index contributed by atoms with van der Waals surface area (Å²) in [4.78, 5) is 10.9. The summed E-state index contributed by atoms with van der Waals surface area (Å²) in [5.74, 6) is -1.27. The topological polar surface area (TPSA) is 61.4 Å². The largest absolute Gasteiger partial charge is 0.545 e. The number of nitrogens with one attached hydrogen (secondary N) is 1. The molecule has 0 atom stereocenters. The molecule has 0 fully saturated rings. The molecule has 0 bridgehead atoms. The van der Waals surface area contributed by atoms with Crippen LogP contribution in [0.5, 0.6) is 5.75 Å². The molecule has 0 aliphatic carbocycles. The maximum atomic E-state index is 12.0. The number of carboxylic acid groups (broad SMARTS) is 1. The number of anilines is 2. The van der Waals surface area contributed by atoms with Crippen LogP contribution in [0.25, 0.3) is 0 Å². The van der Waals surface area contributed by atoms with E-state index < -0.39 is 12.6 Å². The van der Waals surface area contributed by atoms with E-state index in [4.69, 9.17) is 0 Å². The molecule has 2 rings (SSSR count). The molecule has 1 N–H and O–H groups in total. The molecule has 2 aromatic rings. The molecule has 0 aromatic heterocycles. The fraction of sp³-hybridized carbons (Fsp3) is 0.0714. The van der Waals surface area contributed by atoms with Crippen molar-refractivity contribution >= 4 is 17.3 Å². The molecular weight excluding hydrogens is 268 g/mol. The van der Waals surface area contributed by atoms with E-state index in [1.165, 1.54) is 30.3 Å². The first-order valence-corrected chi connectivity index (χ1v) is 5.68. The van der Waals surface area contributed by atoms with E-state index in [1.54, 1.807) is 18.2 Å². The number of ether oxygens (including phenoxy) is 1. The van der Waals surface area contributed by atoms with Crippen LogP contribution in [0.15, 0.2) is 48.5 Å². The molecule has 0 unspecified atom stereocenters. The molecule has 0 aliphatic heterocycles. The molecule has 2 aromatic carbocycles. The minimum absolute atomic E-state index is 0.0143. The van der Waals surface area contributed by atoms with E-state index in [0.717, 1.165) is 0 Å². The van der Waals surface area contributed by atoms with Crippen LogP contribution in [-0.4, -0.2) is 12.6 Å². The van der Waals surface area contributed by atoms with Gasteiger partial charge in [0.05, 0.1) is 5.97 Å². The maximum absolute atomic E-state index is 12.0. The molecule has 0 saturated heterocycles. The summed E-state index contributed by atoms with van der Waals surface area (Å²) in [7, 11) is 0. The van der Waals surface area contributed by atoms with Crippen LogP contribution in [0.4, 0.5) is 20.2 Å². The first-order valence-electron chi connectivity index (χ1n) is 5.68. The van der Waals surface area contributed by atoms with E-state index in [0.29, 0.717) is 11.4 Å². The highest BCUT2D eigenvalue weighted by Gasteiger charge is 2.05. The number of rotatable bonds is 5. The molecule has 6 heteroatoms. The van der Waals surface area contributed by atoms with Crippen molar-refractivity contribution in [3.63, 3.8) is 0 Å². The zero-order valence-electron chi connectivity index (χ0n) is 10.2. The van der Waals surface area contributed by atoms with Gasteiger partial charge in [-0.15, -0.1) is 0 Å². The molecular formula is C14H10F2NO3-. The molecule has 0 aliphatic rings. The van der Waals surface area contributed by atoms with Crippen LogP contribution in [-0.2, 0) is 0 Å². The average molecular weight is 278 g/mol. The predicted molar refractivity (Wildman–Crippen MR) is 67.1 cm³/mol. The zero-order chi connectivity index (χ0) is 14.5. The summed E-state index contributed by atoms with van der Waals surface area (Å²) in [6.07, 6.45) is 0. The zero-order valence-corrected chi connectivity index (χ0v) is 10.2. The van der Waals surface area contributed by atoms with Crippen LogP contribution in [0.2, 0.25) is 0 Å². The fourth-order valence-corrected chi connectivity index (χ4v) is 1.65. The van der Waals surface area contributed by atoms with Crippen LogP contribution < -0.4 is 15.2 Å². The number of carbonyl (C=O) groups is 1. The van der Waals surface area contributed by atoms with Crippen LogP contribution in [0.1, 0.15) is 10.4 Å². The Bertz CT molecular complexity index is 600.